The lowest BCUT2D eigenvalue weighted by Crippen LogP contribution is -2.52. The Morgan fingerprint density at radius 2 is 1.34 bits per heavy atom. The number of piperidine rings is 1. The fraction of sp³-hybridized carbons (Fsp3) is 0.857. The van der Waals surface area contributed by atoms with Gasteiger partial charge in [-0.25, -0.2) is 9.59 Å². The van der Waals surface area contributed by atoms with Crippen LogP contribution >= 0.6 is 0 Å². The number of likely N-dealkylation sites (tertiary alicyclic amines) is 1. The van der Waals surface area contributed by atoms with Crippen molar-refractivity contribution in [1.82, 2.24) is 26.2 Å². The highest BCUT2D eigenvalue weighted by molar-refractivity contribution is 5.84. The van der Waals surface area contributed by atoms with Gasteiger partial charge in [0.1, 0.15) is 0 Å². The molecule has 0 aromatic heterocycles. The maximum Gasteiger partial charge on any atom is 0.317 e. The van der Waals surface area contributed by atoms with Crippen LogP contribution in [0.1, 0.15) is 70.6 Å². The SMILES string of the molecule is O=C(CNC(=O)NCC1CCCC1)NC1CCN(C(=O)NC2CCCCC2)CC1. The van der Waals surface area contributed by atoms with Crippen LogP contribution in [0.4, 0.5) is 9.59 Å². The first-order valence-corrected chi connectivity index (χ1v) is 11.5. The van der Waals surface area contributed by atoms with E-state index in [1.54, 1.807) is 0 Å². The molecule has 0 radical (unpaired) electrons. The summed E-state index contributed by atoms with van der Waals surface area (Å²) in [6.07, 6.45) is 12.2. The minimum Gasteiger partial charge on any atom is -0.352 e. The van der Waals surface area contributed by atoms with Crippen molar-refractivity contribution in [1.29, 1.82) is 0 Å². The lowest BCUT2D eigenvalue weighted by molar-refractivity contribution is -0.121. The van der Waals surface area contributed by atoms with Crippen LogP contribution in [0.5, 0.6) is 0 Å². The Hall–Kier alpha value is -1.99. The summed E-state index contributed by atoms with van der Waals surface area (Å²) in [5, 5.41) is 11.6. The summed E-state index contributed by atoms with van der Waals surface area (Å²) >= 11 is 0. The molecule has 8 heteroatoms. The van der Waals surface area contributed by atoms with Gasteiger partial charge in [-0.15, -0.1) is 0 Å². The maximum atomic E-state index is 12.4. The van der Waals surface area contributed by atoms with E-state index in [2.05, 4.69) is 21.3 Å². The summed E-state index contributed by atoms with van der Waals surface area (Å²) in [5.74, 6) is 0.404. The summed E-state index contributed by atoms with van der Waals surface area (Å²) < 4.78 is 0. The molecule has 2 aliphatic carbocycles. The highest BCUT2D eigenvalue weighted by Crippen LogP contribution is 2.23. The third-order valence-corrected chi connectivity index (χ3v) is 6.52. The monoisotopic (exact) mass is 407 g/mol. The molecule has 0 bridgehead atoms. The molecule has 164 valence electrons. The third kappa shape index (κ3) is 7.40. The second kappa shape index (κ2) is 11.3. The molecular weight excluding hydrogens is 370 g/mol. The first-order chi connectivity index (χ1) is 14.1. The molecule has 5 amide bonds. The van der Waals surface area contributed by atoms with E-state index in [-0.39, 0.29) is 30.6 Å². The van der Waals surface area contributed by atoms with Crippen LogP contribution in [0.2, 0.25) is 0 Å². The van der Waals surface area contributed by atoms with E-state index in [0.717, 1.165) is 25.7 Å². The number of carbonyl (C=O) groups is 3. The van der Waals surface area contributed by atoms with Crippen LogP contribution in [-0.2, 0) is 4.79 Å². The summed E-state index contributed by atoms with van der Waals surface area (Å²) in [6, 6.07) is 0.132. The number of hydrogen-bond donors (Lipinski definition) is 4. The highest BCUT2D eigenvalue weighted by atomic mass is 16.2. The molecule has 0 atom stereocenters. The van der Waals surface area contributed by atoms with Crippen molar-refractivity contribution in [3.05, 3.63) is 0 Å². The molecule has 3 aliphatic rings. The number of nitrogens with one attached hydrogen (secondary N) is 4. The topological polar surface area (TPSA) is 103 Å². The second-order valence-corrected chi connectivity index (χ2v) is 8.83. The second-order valence-electron chi connectivity index (χ2n) is 8.83. The molecule has 0 spiro atoms. The largest absolute Gasteiger partial charge is 0.352 e. The van der Waals surface area contributed by atoms with Gasteiger partial charge < -0.3 is 26.2 Å². The van der Waals surface area contributed by atoms with Gasteiger partial charge in [0, 0.05) is 31.7 Å². The van der Waals surface area contributed by atoms with Gasteiger partial charge in [-0.3, -0.25) is 4.79 Å². The normalized spacial score (nSPS) is 21.6. The maximum absolute atomic E-state index is 12.4. The summed E-state index contributed by atoms with van der Waals surface area (Å²) in [5.41, 5.74) is 0. The van der Waals surface area contributed by atoms with E-state index in [1.165, 1.54) is 44.9 Å². The van der Waals surface area contributed by atoms with Crippen molar-refractivity contribution >= 4 is 18.0 Å². The first-order valence-electron chi connectivity index (χ1n) is 11.5. The lowest BCUT2D eigenvalue weighted by atomic mass is 9.95. The van der Waals surface area contributed by atoms with E-state index in [0.29, 0.717) is 31.6 Å². The van der Waals surface area contributed by atoms with Crippen LogP contribution in [0.15, 0.2) is 0 Å². The van der Waals surface area contributed by atoms with Gasteiger partial charge in [-0.2, -0.15) is 0 Å². The fourth-order valence-electron chi connectivity index (χ4n) is 4.69. The summed E-state index contributed by atoms with van der Waals surface area (Å²) in [4.78, 5) is 38.2. The number of amides is 5. The average molecular weight is 408 g/mol. The van der Waals surface area contributed by atoms with Gasteiger partial charge in [-0.05, 0) is 44.4 Å². The Morgan fingerprint density at radius 1 is 0.724 bits per heavy atom. The number of hydrogen-bond acceptors (Lipinski definition) is 3. The fourth-order valence-corrected chi connectivity index (χ4v) is 4.69. The van der Waals surface area contributed by atoms with Crippen molar-refractivity contribution < 1.29 is 14.4 Å². The van der Waals surface area contributed by atoms with E-state index in [9.17, 15) is 14.4 Å². The van der Waals surface area contributed by atoms with Crippen molar-refractivity contribution in [3.63, 3.8) is 0 Å². The molecule has 0 aromatic rings. The Kier molecular flexibility index (Phi) is 8.43. The third-order valence-electron chi connectivity index (χ3n) is 6.52. The van der Waals surface area contributed by atoms with Gasteiger partial charge in [-0.1, -0.05) is 32.1 Å². The molecule has 3 rings (SSSR count). The van der Waals surface area contributed by atoms with E-state index in [1.807, 2.05) is 4.90 Å². The highest BCUT2D eigenvalue weighted by Gasteiger charge is 2.25. The minimum absolute atomic E-state index is 0.0150. The Bertz CT molecular complexity index is 551. The smallest absolute Gasteiger partial charge is 0.317 e. The van der Waals surface area contributed by atoms with Crippen molar-refractivity contribution in [2.45, 2.75) is 82.7 Å². The number of nitrogens with zero attached hydrogens (tertiary/aromatic N) is 1. The molecule has 1 heterocycles. The van der Waals surface area contributed by atoms with Gasteiger partial charge in [0.05, 0.1) is 6.54 Å². The quantitative estimate of drug-likeness (QED) is 0.542. The molecule has 1 saturated heterocycles. The van der Waals surface area contributed by atoms with Crippen LogP contribution in [0.3, 0.4) is 0 Å². The van der Waals surface area contributed by atoms with E-state index in [4.69, 9.17) is 0 Å². The summed E-state index contributed by atoms with van der Waals surface area (Å²) in [6.45, 7) is 1.98. The number of rotatable bonds is 6. The minimum atomic E-state index is -0.277. The zero-order chi connectivity index (χ0) is 20.5. The number of urea groups is 2. The zero-order valence-electron chi connectivity index (χ0n) is 17.5. The Morgan fingerprint density at radius 3 is 2.03 bits per heavy atom. The van der Waals surface area contributed by atoms with Crippen molar-refractivity contribution in [2.24, 2.45) is 5.92 Å². The standard InChI is InChI=1S/C21H37N5O3/c27-19(15-23-20(28)22-14-16-6-4-5-7-16)24-18-10-12-26(13-11-18)21(29)25-17-8-2-1-3-9-17/h16-18H,1-15H2,(H,24,27)(H,25,29)(H2,22,23,28). The average Bonchev–Trinajstić information content (AvgIpc) is 3.26. The molecule has 2 saturated carbocycles. The van der Waals surface area contributed by atoms with Crippen molar-refractivity contribution in [2.75, 3.05) is 26.2 Å². The van der Waals surface area contributed by atoms with Crippen molar-refractivity contribution in [3.8, 4) is 0 Å². The van der Waals surface area contributed by atoms with Crippen LogP contribution in [-0.4, -0.2) is 61.1 Å². The van der Waals surface area contributed by atoms with Crippen LogP contribution in [0, 0.1) is 5.92 Å². The predicted molar refractivity (Wildman–Crippen MR) is 112 cm³/mol. The molecule has 1 aliphatic heterocycles. The molecule has 4 N–H and O–H groups in total. The van der Waals surface area contributed by atoms with Gasteiger partial charge in [0.2, 0.25) is 5.91 Å². The molecule has 29 heavy (non-hydrogen) atoms. The molecular formula is C21H37N5O3. The van der Waals surface area contributed by atoms with E-state index < -0.39 is 0 Å². The van der Waals surface area contributed by atoms with Gasteiger partial charge >= 0.3 is 12.1 Å². The van der Waals surface area contributed by atoms with Crippen LogP contribution < -0.4 is 21.3 Å². The Balaban J connectivity index is 1.26. The predicted octanol–water partition coefficient (Wildman–Crippen LogP) is 2.10. The zero-order valence-corrected chi connectivity index (χ0v) is 17.5. The Labute approximate surface area is 173 Å². The molecule has 0 aromatic carbocycles. The first kappa shape index (κ1) is 21.7. The van der Waals surface area contributed by atoms with Gasteiger partial charge in [0.25, 0.3) is 0 Å². The number of carbonyl (C=O) groups excluding carboxylic acids is 3. The molecule has 8 nitrogen and oxygen atoms in total. The van der Waals surface area contributed by atoms with E-state index >= 15 is 0 Å². The lowest BCUT2D eigenvalue weighted by Gasteiger charge is -2.34. The van der Waals surface area contributed by atoms with Crippen LogP contribution in [0.25, 0.3) is 0 Å². The molecule has 3 fully saturated rings. The molecule has 0 unspecified atom stereocenters. The van der Waals surface area contributed by atoms with Gasteiger partial charge in [0.15, 0.2) is 0 Å². The summed E-state index contributed by atoms with van der Waals surface area (Å²) in [7, 11) is 0.